The van der Waals surface area contributed by atoms with Crippen LogP contribution in [-0.4, -0.2) is 29.5 Å². The molecule has 0 heterocycles. The average Bonchev–Trinajstić information content (AvgIpc) is 2.31. The maximum atomic E-state index is 12.9. The number of halogens is 3. The Labute approximate surface area is 106 Å². The largest absolute Gasteiger partial charge is 0.393 e. The first-order valence-electron chi connectivity index (χ1n) is 6.97. The first-order valence-corrected chi connectivity index (χ1v) is 6.97. The first kappa shape index (κ1) is 14.1. The molecule has 2 nitrogen and oxygen atoms in total. The van der Waals surface area contributed by atoms with Crippen LogP contribution < -0.4 is 5.32 Å². The molecule has 2 saturated carbocycles. The number of nitrogens with one attached hydrogen (secondary N) is 1. The minimum atomic E-state index is -4.08. The van der Waals surface area contributed by atoms with Crippen molar-refractivity contribution in [3.63, 3.8) is 0 Å². The van der Waals surface area contributed by atoms with E-state index in [1.807, 2.05) is 0 Å². The number of aliphatic hydroxyl groups is 1. The third kappa shape index (κ3) is 3.60. The predicted molar refractivity (Wildman–Crippen MR) is 63.2 cm³/mol. The second kappa shape index (κ2) is 5.78. The van der Waals surface area contributed by atoms with E-state index in [9.17, 15) is 18.3 Å². The topological polar surface area (TPSA) is 32.3 Å². The van der Waals surface area contributed by atoms with Crippen LogP contribution in [0.3, 0.4) is 0 Å². The standard InChI is InChI=1S/C13H22F3NO/c14-13(15,16)11-3-1-2-4-12(11)17-9-5-7-10(18)8-6-9/h9-12,17-18H,1-8H2. The second-order valence-electron chi connectivity index (χ2n) is 5.71. The van der Waals surface area contributed by atoms with E-state index in [1.165, 1.54) is 0 Å². The summed E-state index contributed by atoms with van der Waals surface area (Å²) in [6, 6.07) is -0.264. The molecule has 106 valence electrons. The van der Waals surface area contributed by atoms with Crippen LogP contribution in [0.15, 0.2) is 0 Å². The summed E-state index contributed by atoms with van der Waals surface area (Å²) in [6.45, 7) is 0. The molecule has 18 heavy (non-hydrogen) atoms. The molecular weight excluding hydrogens is 243 g/mol. The van der Waals surface area contributed by atoms with Crippen molar-refractivity contribution in [3.8, 4) is 0 Å². The zero-order chi connectivity index (χ0) is 13.2. The summed E-state index contributed by atoms with van der Waals surface area (Å²) >= 11 is 0. The van der Waals surface area contributed by atoms with Gasteiger partial charge in [0.1, 0.15) is 0 Å². The van der Waals surface area contributed by atoms with Crippen LogP contribution in [0.25, 0.3) is 0 Å². The highest BCUT2D eigenvalue weighted by atomic mass is 19.4. The van der Waals surface area contributed by atoms with Gasteiger partial charge in [-0.05, 0) is 38.5 Å². The van der Waals surface area contributed by atoms with Gasteiger partial charge in [0, 0.05) is 12.1 Å². The summed E-state index contributed by atoms with van der Waals surface area (Å²) in [7, 11) is 0. The summed E-state index contributed by atoms with van der Waals surface area (Å²) < 4.78 is 38.8. The zero-order valence-electron chi connectivity index (χ0n) is 10.5. The van der Waals surface area contributed by atoms with Gasteiger partial charge in [0.2, 0.25) is 0 Å². The summed E-state index contributed by atoms with van der Waals surface area (Å²) in [6.07, 6.45) is 1.14. The molecule has 2 rings (SSSR count). The van der Waals surface area contributed by atoms with Crippen molar-refractivity contribution in [3.05, 3.63) is 0 Å². The molecule has 0 saturated heterocycles. The lowest BCUT2D eigenvalue weighted by Crippen LogP contribution is -2.50. The van der Waals surface area contributed by atoms with E-state index in [0.717, 1.165) is 19.3 Å². The highest BCUT2D eigenvalue weighted by Gasteiger charge is 2.45. The van der Waals surface area contributed by atoms with Gasteiger partial charge in [-0.1, -0.05) is 12.8 Å². The van der Waals surface area contributed by atoms with E-state index in [2.05, 4.69) is 5.32 Å². The molecular formula is C13H22F3NO. The van der Waals surface area contributed by atoms with Crippen molar-refractivity contribution in [2.24, 2.45) is 5.92 Å². The Bertz CT molecular complexity index is 261. The van der Waals surface area contributed by atoms with E-state index in [4.69, 9.17) is 0 Å². The van der Waals surface area contributed by atoms with Crippen LogP contribution in [0, 0.1) is 5.92 Å². The van der Waals surface area contributed by atoms with E-state index < -0.39 is 18.1 Å². The normalized spacial score (nSPS) is 38.7. The molecule has 0 aromatic rings. The number of hydrogen-bond acceptors (Lipinski definition) is 2. The van der Waals surface area contributed by atoms with Crippen LogP contribution in [0.4, 0.5) is 13.2 Å². The van der Waals surface area contributed by atoms with Gasteiger partial charge in [0.05, 0.1) is 12.0 Å². The lowest BCUT2D eigenvalue weighted by Gasteiger charge is -2.37. The minimum Gasteiger partial charge on any atom is -0.393 e. The molecule has 2 fully saturated rings. The van der Waals surface area contributed by atoms with Crippen molar-refractivity contribution in [1.29, 1.82) is 0 Å². The van der Waals surface area contributed by atoms with Crippen LogP contribution in [0.5, 0.6) is 0 Å². The molecule has 5 heteroatoms. The quantitative estimate of drug-likeness (QED) is 0.804. The number of alkyl halides is 3. The molecule has 0 aromatic carbocycles. The van der Waals surface area contributed by atoms with Crippen molar-refractivity contribution in [2.75, 3.05) is 0 Å². The Morgan fingerprint density at radius 3 is 2.11 bits per heavy atom. The minimum absolute atomic E-state index is 0.154. The van der Waals surface area contributed by atoms with E-state index in [0.29, 0.717) is 25.7 Å². The van der Waals surface area contributed by atoms with Crippen molar-refractivity contribution in [1.82, 2.24) is 5.32 Å². The highest BCUT2D eigenvalue weighted by Crippen LogP contribution is 2.38. The van der Waals surface area contributed by atoms with Gasteiger partial charge in [-0.3, -0.25) is 0 Å². The van der Waals surface area contributed by atoms with Gasteiger partial charge < -0.3 is 10.4 Å². The number of hydrogen-bond donors (Lipinski definition) is 2. The Morgan fingerprint density at radius 2 is 1.50 bits per heavy atom. The van der Waals surface area contributed by atoms with Crippen molar-refractivity contribution in [2.45, 2.75) is 75.7 Å². The summed E-state index contributed by atoms with van der Waals surface area (Å²) in [5.74, 6) is -1.18. The summed E-state index contributed by atoms with van der Waals surface area (Å²) in [4.78, 5) is 0. The molecule has 0 spiro atoms. The number of rotatable bonds is 2. The van der Waals surface area contributed by atoms with Crippen LogP contribution >= 0.6 is 0 Å². The third-order valence-corrected chi connectivity index (χ3v) is 4.33. The SMILES string of the molecule is OC1CCC(NC2CCCCC2C(F)(F)F)CC1. The molecule has 0 aliphatic heterocycles. The Balaban J connectivity index is 1.89. The van der Waals surface area contributed by atoms with Crippen molar-refractivity contribution < 1.29 is 18.3 Å². The fraction of sp³-hybridized carbons (Fsp3) is 1.00. The third-order valence-electron chi connectivity index (χ3n) is 4.33. The maximum Gasteiger partial charge on any atom is 0.393 e. The van der Waals surface area contributed by atoms with E-state index >= 15 is 0 Å². The lowest BCUT2D eigenvalue weighted by atomic mass is 9.82. The van der Waals surface area contributed by atoms with Gasteiger partial charge in [-0.25, -0.2) is 0 Å². The monoisotopic (exact) mass is 265 g/mol. The fourth-order valence-electron chi connectivity index (χ4n) is 3.27. The molecule has 2 N–H and O–H groups in total. The zero-order valence-corrected chi connectivity index (χ0v) is 10.5. The van der Waals surface area contributed by atoms with Crippen molar-refractivity contribution >= 4 is 0 Å². The smallest absolute Gasteiger partial charge is 0.393 e. The Kier molecular flexibility index (Phi) is 4.54. The van der Waals surface area contributed by atoms with Crippen LogP contribution in [0.1, 0.15) is 51.4 Å². The van der Waals surface area contributed by atoms with Crippen LogP contribution in [0.2, 0.25) is 0 Å². The van der Waals surface area contributed by atoms with Gasteiger partial charge in [0.15, 0.2) is 0 Å². The molecule has 2 atom stereocenters. The Morgan fingerprint density at radius 1 is 0.889 bits per heavy atom. The first-order chi connectivity index (χ1) is 8.47. The van der Waals surface area contributed by atoms with Gasteiger partial charge >= 0.3 is 6.18 Å². The molecule has 0 radical (unpaired) electrons. The fourth-order valence-corrected chi connectivity index (χ4v) is 3.27. The lowest BCUT2D eigenvalue weighted by molar-refractivity contribution is -0.189. The molecule has 0 amide bonds. The number of aliphatic hydroxyl groups excluding tert-OH is 1. The summed E-state index contributed by atoms with van der Waals surface area (Å²) in [5, 5.41) is 12.6. The van der Waals surface area contributed by atoms with Crippen LogP contribution in [-0.2, 0) is 0 Å². The maximum absolute atomic E-state index is 12.9. The second-order valence-corrected chi connectivity index (χ2v) is 5.71. The van der Waals surface area contributed by atoms with Gasteiger partial charge in [-0.2, -0.15) is 13.2 Å². The van der Waals surface area contributed by atoms with Gasteiger partial charge in [-0.15, -0.1) is 0 Å². The molecule has 2 unspecified atom stereocenters. The van der Waals surface area contributed by atoms with E-state index in [1.54, 1.807) is 0 Å². The molecule has 0 bridgehead atoms. The molecule has 2 aliphatic rings. The summed E-state index contributed by atoms with van der Waals surface area (Å²) in [5.41, 5.74) is 0. The van der Waals surface area contributed by atoms with E-state index in [-0.39, 0.29) is 18.6 Å². The molecule has 0 aromatic heterocycles. The predicted octanol–water partition coefficient (Wildman–Crippen LogP) is 3.00. The Hall–Kier alpha value is -0.290. The highest BCUT2D eigenvalue weighted by molar-refractivity contribution is 4.89. The van der Waals surface area contributed by atoms with Gasteiger partial charge in [0.25, 0.3) is 0 Å². The average molecular weight is 265 g/mol. The molecule has 2 aliphatic carbocycles.